The molecule has 1 fully saturated rings. The summed E-state index contributed by atoms with van der Waals surface area (Å²) >= 11 is 0. The van der Waals surface area contributed by atoms with Gasteiger partial charge in [-0.15, -0.1) is 0 Å². The summed E-state index contributed by atoms with van der Waals surface area (Å²) in [5.74, 6) is -1.27. The van der Waals surface area contributed by atoms with Crippen molar-refractivity contribution in [3.63, 3.8) is 0 Å². The number of amides is 1. The minimum absolute atomic E-state index is 0.0727. The molecule has 1 aliphatic heterocycles. The van der Waals surface area contributed by atoms with Gasteiger partial charge in [0.15, 0.2) is 17.3 Å². The third-order valence-corrected chi connectivity index (χ3v) is 22.8. The molecule has 15 rings (SSSR count). The zero-order chi connectivity index (χ0) is 73.8. The van der Waals surface area contributed by atoms with E-state index < -0.39 is 80.0 Å². The van der Waals surface area contributed by atoms with Gasteiger partial charge in [-0.25, -0.2) is 28.6 Å². The molecule has 3 heterocycles. The molecule has 3 aliphatic carbocycles. The van der Waals surface area contributed by atoms with Crippen LogP contribution in [0.25, 0.3) is 44.5 Å². The van der Waals surface area contributed by atoms with Crippen LogP contribution in [-0.2, 0) is 47.6 Å². The predicted octanol–water partition coefficient (Wildman–Crippen LogP) is 17.3. The highest BCUT2D eigenvalue weighted by Gasteiger charge is 2.53. The molecule has 107 heavy (non-hydrogen) atoms. The summed E-state index contributed by atoms with van der Waals surface area (Å²) in [6.07, 6.45) is -6.60. The van der Waals surface area contributed by atoms with E-state index >= 15 is 9.36 Å². The summed E-state index contributed by atoms with van der Waals surface area (Å²) in [6, 6.07) is 74.2. The van der Waals surface area contributed by atoms with Crippen LogP contribution in [0, 0.1) is 11.3 Å². The number of carbonyl (C=O) groups excluding carboxylic acids is 3. The molecule has 21 nitrogen and oxygen atoms in total. The van der Waals surface area contributed by atoms with Crippen LogP contribution in [0.2, 0.25) is 0 Å². The van der Waals surface area contributed by atoms with Crippen molar-refractivity contribution >= 4 is 43.3 Å². The van der Waals surface area contributed by atoms with Crippen molar-refractivity contribution in [2.75, 3.05) is 52.1 Å². The van der Waals surface area contributed by atoms with E-state index in [-0.39, 0.29) is 75.0 Å². The molecule has 9 aromatic carbocycles. The van der Waals surface area contributed by atoms with Crippen LogP contribution in [0.15, 0.2) is 237 Å². The van der Waals surface area contributed by atoms with E-state index in [0.29, 0.717) is 11.3 Å². The van der Waals surface area contributed by atoms with E-state index in [1.807, 2.05) is 258 Å². The molecule has 2 aromatic heterocycles. The molecule has 0 spiro atoms. The molecule has 0 radical (unpaired) electrons. The van der Waals surface area contributed by atoms with E-state index in [9.17, 15) is 14.9 Å². The van der Waals surface area contributed by atoms with Gasteiger partial charge < -0.3 is 42.5 Å². The lowest BCUT2D eigenvalue weighted by molar-refractivity contribution is -0.185. The smallest absolute Gasteiger partial charge is 0.497 e. The SMILES string of the molecule is COc1ccc(C(OC[C@H]2OC[C@@H](n3cnc4c(OC(=O)OCC5c6ccccc6-c6ccccc65)nc(NC(=O)OCC5c6ccccc6-c6ccccc65)nc43)[C@H](OC(=O)OCC3c4ccccc4-c4ccccc43)[C@@H]2OP(=O)(OCCC#N)N(C(C)C)C(C)C)(c2ccccc2)c2ccccc2)cc1. The number of nitrogens with zero attached hydrogens (tertiary/aromatic N) is 6. The van der Waals surface area contributed by atoms with Gasteiger partial charge in [0.1, 0.15) is 43.4 Å². The zero-order valence-electron chi connectivity index (χ0n) is 59.5. The Balaban J connectivity index is 0.844. The van der Waals surface area contributed by atoms with Crippen molar-refractivity contribution in [1.29, 1.82) is 5.26 Å². The van der Waals surface area contributed by atoms with Crippen molar-refractivity contribution < 1.29 is 65.9 Å². The molecule has 1 unspecified atom stereocenters. The maximum Gasteiger partial charge on any atom is 0.515 e. The van der Waals surface area contributed by atoms with Gasteiger partial charge in [-0.3, -0.25) is 14.4 Å². The van der Waals surface area contributed by atoms with Crippen molar-refractivity contribution in [3.8, 4) is 51.1 Å². The number of hydrogen-bond donors (Lipinski definition) is 1. The molecule has 5 atom stereocenters. The average molecular weight is 1450 g/mol. The number of rotatable bonds is 25. The lowest BCUT2D eigenvalue weighted by Crippen LogP contribution is -2.56. The lowest BCUT2D eigenvalue weighted by Gasteiger charge is -2.46. The number of nitrogens with one attached hydrogen (secondary N) is 1. The van der Waals surface area contributed by atoms with E-state index in [1.165, 1.54) is 10.9 Å². The van der Waals surface area contributed by atoms with E-state index in [4.69, 9.17) is 56.9 Å². The van der Waals surface area contributed by atoms with E-state index in [0.717, 1.165) is 77.9 Å². The van der Waals surface area contributed by atoms with Crippen molar-refractivity contribution in [2.45, 2.75) is 93.9 Å². The number of carbonyl (C=O) groups is 3. The third kappa shape index (κ3) is 14.0. The van der Waals surface area contributed by atoms with Crippen LogP contribution in [0.4, 0.5) is 20.3 Å². The Hall–Kier alpha value is -11.3. The second-order valence-electron chi connectivity index (χ2n) is 27.1. The number of aromatic nitrogens is 4. The topological polar surface area (TPSA) is 243 Å². The van der Waals surface area contributed by atoms with Gasteiger partial charge in [0, 0.05) is 29.8 Å². The van der Waals surface area contributed by atoms with E-state index in [1.54, 1.807) is 11.8 Å². The van der Waals surface area contributed by atoms with Crippen LogP contribution in [0.5, 0.6) is 11.6 Å². The first-order valence-corrected chi connectivity index (χ1v) is 37.2. The van der Waals surface area contributed by atoms with Crippen LogP contribution in [-0.4, -0.2) is 120 Å². The quantitative estimate of drug-likeness (QED) is 0.0184. The Morgan fingerprint density at radius 1 is 0.579 bits per heavy atom. The predicted molar refractivity (Wildman–Crippen MR) is 401 cm³/mol. The molecule has 0 bridgehead atoms. The van der Waals surface area contributed by atoms with Crippen LogP contribution >= 0.6 is 7.75 Å². The van der Waals surface area contributed by atoms with Gasteiger partial charge in [0.2, 0.25) is 5.95 Å². The first-order valence-electron chi connectivity index (χ1n) is 35.7. The van der Waals surface area contributed by atoms with Gasteiger partial charge in [0.25, 0.3) is 5.88 Å². The van der Waals surface area contributed by atoms with Crippen LogP contribution in [0.1, 0.15) is 108 Å². The molecule has 22 heteroatoms. The third-order valence-electron chi connectivity index (χ3n) is 20.3. The number of fused-ring (bicyclic) bond motifs is 10. The number of benzene rings is 9. The van der Waals surface area contributed by atoms with Crippen LogP contribution < -0.4 is 14.8 Å². The number of nitriles is 1. The molecule has 4 aliphatic rings. The van der Waals surface area contributed by atoms with Crippen molar-refractivity contribution in [3.05, 3.63) is 287 Å². The molecule has 0 saturated carbocycles. The maximum absolute atomic E-state index is 16.5. The lowest BCUT2D eigenvalue weighted by atomic mass is 9.80. The Labute approximate surface area is 619 Å². The Morgan fingerprint density at radius 2 is 1.03 bits per heavy atom. The second-order valence-corrected chi connectivity index (χ2v) is 29.0. The summed E-state index contributed by atoms with van der Waals surface area (Å²) in [7, 11) is -3.10. The summed E-state index contributed by atoms with van der Waals surface area (Å²) in [4.78, 5) is 58.6. The summed E-state index contributed by atoms with van der Waals surface area (Å²) in [6.45, 7) is 5.99. The number of hydrogen-bond acceptors (Lipinski definition) is 18. The molecule has 1 saturated heterocycles. The Kier molecular flexibility index (Phi) is 20.7. The highest BCUT2D eigenvalue weighted by molar-refractivity contribution is 7.51. The fraction of sp³-hybridized carbons (Fsp3) is 0.259. The standard InChI is InChI=1S/C85H78N7O14P/c1-53(2)92(54(3)4)107(96,103-46-24-45-86)106-78-75(51-102-85(55-25-8-6-9-26-55,56-27-10-7-11-28-56)57-41-43-58(97-5)44-42-57)98-50-74(77(78)104-83(94)100-48-72-67-37-20-14-31-61(67)62-32-15-21-38-68(62)72)91-52-87-76-79(91)88-81(90-82(93)99-47-71-65-35-18-12-29-59(65)60-30-13-19-36-66(60)71)89-80(76)105-84(95)101-49-73-69-39-22-16-33-63(69)64-34-17-23-40-70(64)73/h6-23,25-44,52-54,71-75,77-78H,24,46-51H2,1-5H3,(H,88,89,90,93)/t74-,75-,77+,78-,107?/m1/s1. The second kappa shape index (κ2) is 31.0. The van der Waals surface area contributed by atoms with Gasteiger partial charge in [-0.05, 0) is 123 Å². The Morgan fingerprint density at radius 3 is 1.50 bits per heavy atom. The summed E-state index contributed by atoms with van der Waals surface area (Å²) in [5.41, 5.74) is 12.5. The molecular formula is C85H78N7O14P. The highest BCUT2D eigenvalue weighted by atomic mass is 31.2. The largest absolute Gasteiger partial charge is 0.515 e. The first kappa shape index (κ1) is 71.3. The number of ether oxygens (including phenoxy) is 8. The van der Waals surface area contributed by atoms with Gasteiger partial charge in [-0.1, -0.05) is 218 Å². The summed E-state index contributed by atoms with van der Waals surface area (Å²) < 4.78 is 84.9. The zero-order valence-corrected chi connectivity index (χ0v) is 60.4. The van der Waals surface area contributed by atoms with E-state index in [2.05, 4.69) is 16.4 Å². The number of imidazole rings is 1. The van der Waals surface area contributed by atoms with Gasteiger partial charge in [-0.2, -0.15) is 15.2 Å². The molecule has 11 aromatic rings. The normalized spacial score (nSPS) is 17.1. The fourth-order valence-electron chi connectivity index (χ4n) is 15.7. The van der Waals surface area contributed by atoms with Gasteiger partial charge >= 0.3 is 26.2 Å². The number of methoxy groups -OCH3 is 1. The number of anilines is 1. The molecule has 1 amide bonds. The van der Waals surface area contributed by atoms with Crippen molar-refractivity contribution in [1.82, 2.24) is 24.2 Å². The summed E-state index contributed by atoms with van der Waals surface area (Å²) in [5, 5.41) is 12.7. The van der Waals surface area contributed by atoms with Crippen molar-refractivity contribution in [2.24, 2.45) is 0 Å². The highest BCUT2D eigenvalue weighted by Crippen LogP contribution is 2.58. The molecule has 1 N–H and O–H groups in total. The molecule has 542 valence electrons. The maximum atomic E-state index is 16.5. The molecular weight excluding hydrogens is 1370 g/mol. The van der Waals surface area contributed by atoms with Crippen LogP contribution in [0.3, 0.4) is 0 Å². The Bertz CT molecular complexity index is 4990. The van der Waals surface area contributed by atoms with Gasteiger partial charge in [0.05, 0.1) is 51.8 Å². The minimum Gasteiger partial charge on any atom is -0.497 e. The fourth-order valence-corrected chi connectivity index (χ4v) is 18.0. The monoisotopic (exact) mass is 1450 g/mol. The first-order chi connectivity index (χ1) is 52.2. The minimum atomic E-state index is -4.69. The average Bonchev–Trinajstić information content (AvgIpc) is 1.57.